The number of ether oxygens (including phenoxy) is 4. The summed E-state index contributed by atoms with van der Waals surface area (Å²) >= 11 is 3.27. The largest absolute Gasteiger partial charge is 0.573 e. The number of hydrogen-bond acceptors (Lipinski definition) is 16. The molecule has 8 N–H and O–H groups in total. The molecule has 99 heavy (non-hydrogen) atoms. The van der Waals surface area contributed by atoms with Gasteiger partial charge >= 0.3 is 12.7 Å². The monoisotopic (exact) mass is 1440 g/mol. The Bertz CT molecular complexity index is 4230. The van der Waals surface area contributed by atoms with Crippen LogP contribution in [0.3, 0.4) is 0 Å². The molecule has 0 atom stereocenters. The fraction of sp³-hybridized carbons (Fsp3) is 0.227. The SMILES string of the molecule is CC(C)c1ccc(CC(=O)NCc2nc(C(=O)NCCc3ccccc3F)cs2)cc1.NC(=O)c1nc(CNC(=O)COc2ccc(OC(F)(F)F)cc2)sc1Cc1c(F)cccc1F.NC(=O)c1nc(CNC(=O)COc2ccc(OC(F)(F)F)cc2)sc1Cc1cccc(F)c1F. The first-order valence-corrected chi connectivity index (χ1v) is 31.7. The highest BCUT2D eigenvalue weighted by molar-refractivity contribution is 7.12. The fourth-order valence-corrected chi connectivity index (χ4v) is 11.3. The summed E-state index contributed by atoms with van der Waals surface area (Å²) < 4.78 is 160. The van der Waals surface area contributed by atoms with Crippen LogP contribution in [0.5, 0.6) is 23.0 Å². The van der Waals surface area contributed by atoms with Crippen LogP contribution in [0, 0.1) is 29.1 Å². The minimum Gasteiger partial charge on any atom is -0.484 e. The number of thiazole rings is 3. The van der Waals surface area contributed by atoms with Crippen molar-refractivity contribution in [3.05, 3.63) is 238 Å². The second-order valence-electron chi connectivity index (χ2n) is 21.0. The Hall–Kier alpha value is -10.5. The molecule has 9 aromatic rings. The predicted octanol–water partition coefficient (Wildman–Crippen LogP) is 11.6. The number of nitrogens with two attached hydrogens (primary N) is 2. The first-order chi connectivity index (χ1) is 46.9. The molecule has 0 spiro atoms. The number of rotatable bonds is 27. The van der Waals surface area contributed by atoms with Gasteiger partial charge in [0.25, 0.3) is 29.5 Å². The summed E-state index contributed by atoms with van der Waals surface area (Å²) in [6.07, 6.45) is -9.31. The third-order valence-corrected chi connectivity index (χ3v) is 16.3. The average molecular weight is 1440 g/mol. The minimum atomic E-state index is -4.82. The average Bonchev–Trinajstić information content (AvgIpc) is 1.71. The maximum Gasteiger partial charge on any atom is 0.573 e. The summed E-state index contributed by atoms with van der Waals surface area (Å²) in [5, 5.41) is 13.5. The van der Waals surface area contributed by atoms with Gasteiger partial charge in [-0.2, -0.15) is 0 Å². The van der Waals surface area contributed by atoms with Gasteiger partial charge < -0.3 is 51.7 Å². The molecule has 6 amide bonds. The van der Waals surface area contributed by atoms with Gasteiger partial charge in [-0.05, 0) is 107 Å². The van der Waals surface area contributed by atoms with Crippen LogP contribution in [0.15, 0.2) is 139 Å². The van der Waals surface area contributed by atoms with Crippen molar-refractivity contribution >= 4 is 69.5 Å². The van der Waals surface area contributed by atoms with E-state index in [-0.39, 0.29) is 94.0 Å². The number of amides is 6. The quantitative estimate of drug-likeness (QED) is 0.0262. The van der Waals surface area contributed by atoms with Crippen molar-refractivity contribution in [1.29, 1.82) is 0 Å². The lowest BCUT2D eigenvalue weighted by atomic mass is 10.0. The van der Waals surface area contributed by atoms with Crippen LogP contribution in [0.4, 0.5) is 48.3 Å². The summed E-state index contributed by atoms with van der Waals surface area (Å²) in [7, 11) is 0. The topological polar surface area (TPSA) is 278 Å². The predicted molar refractivity (Wildman–Crippen MR) is 341 cm³/mol. The Morgan fingerprint density at radius 2 is 0.960 bits per heavy atom. The molecule has 3 aromatic heterocycles. The molecule has 0 bridgehead atoms. The van der Waals surface area contributed by atoms with E-state index in [1.54, 1.807) is 23.6 Å². The number of primary amides is 2. The van der Waals surface area contributed by atoms with Gasteiger partial charge in [-0.15, -0.1) is 60.4 Å². The zero-order valence-electron chi connectivity index (χ0n) is 51.9. The zero-order valence-corrected chi connectivity index (χ0v) is 54.3. The lowest BCUT2D eigenvalue weighted by molar-refractivity contribution is -0.275. The van der Waals surface area contributed by atoms with Crippen LogP contribution < -0.4 is 51.7 Å². The van der Waals surface area contributed by atoms with E-state index in [1.807, 2.05) is 24.3 Å². The first kappa shape index (κ1) is 75.8. The Balaban J connectivity index is 0.000000209. The second kappa shape index (κ2) is 35.6. The van der Waals surface area contributed by atoms with Crippen molar-refractivity contribution in [2.45, 2.75) is 77.8 Å². The molecule has 0 saturated heterocycles. The van der Waals surface area contributed by atoms with Crippen molar-refractivity contribution in [2.75, 3.05) is 19.8 Å². The molecule has 19 nitrogen and oxygen atoms in total. The van der Waals surface area contributed by atoms with Gasteiger partial charge in [-0.25, -0.2) is 36.9 Å². The summed E-state index contributed by atoms with van der Waals surface area (Å²) in [5.74, 6) is -7.40. The van der Waals surface area contributed by atoms with Crippen LogP contribution in [-0.4, -0.2) is 82.9 Å². The van der Waals surface area contributed by atoms with E-state index in [0.29, 0.717) is 51.5 Å². The first-order valence-electron chi connectivity index (χ1n) is 29.2. The van der Waals surface area contributed by atoms with Gasteiger partial charge in [0.1, 0.15) is 72.6 Å². The molecule has 0 aliphatic rings. The summed E-state index contributed by atoms with van der Waals surface area (Å²) in [4.78, 5) is 84.8. The van der Waals surface area contributed by atoms with Gasteiger partial charge in [-0.3, -0.25) is 28.8 Å². The number of halogens is 11. The van der Waals surface area contributed by atoms with Gasteiger partial charge in [0.2, 0.25) is 5.91 Å². The van der Waals surface area contributed by atoms with Crippen molar-refractivity contribution in [3.8, 4) is 23.0 Å². The number of nitrogens with zero attached hydrogens (tertiary/aromatic N) is 3. The summed E-state index contributed by atoms with van der Waals surface area (Å²) in [5.41, 5.74) is 13.2. The molecule has 522 valence electrons. The highest BCUT2D eigenvalue weighted by atomic mass is 32.1. The van der Waals surface area contributed by atoms with Crippen LogP contribution in [-0.2, 0) is 59.7 Å². The van der Waals surface area contributed by atoms with Gasteiger partial charge in [0, 0.05) is 40.1 Å². The maximum atomic E-state index is 14.0. The standard InChI is InChI=1S/C24H26FN3O2S.2C21H16F5N3O4S/c1-16(2)18-9-7-17(8-10-18)13-22(29)27-14-23-28-21(15-31-23)24(30)26-12-11-19-5-3-4-6-20(19)25;22-14-2-1-3-15(23)13(14)8-16-19(20(27)31)29-18(34-16)9-28-17(30)10-32-11-4-6-12(7-5-11)33-21(24,25)26;22-14-3-1-2-11(18(14)23)8-15-19(20(27)31)29-17(34-15)9-28-16(30)10-32-12-4-6-13(7-5-12)33-21(24,25)26/h3-10,15-16H,11-14H2,1-2H3,(H,26,30)(H,27,29);2*1-7H,8-10H2,(H2,27,31)(H,28,30). The minimum absolute atomic E-state index is 0.0155. The third kappa shape index (κ3) is 24.8. The van der Waals surface area contributed by atoms with Gasteiger partial charge in [0.15, 0.2) is 24.8 Å². The molecule has 0 fully saturated rings. The maximum absolute atomic E-state index is 14.0. The lowest BCUT2D eigenvalue weighted by Crippen LogP contribution is -2.28. The zero-order chi connectivity index (χ0) is 72.0. The normalized spacial score (nSPS) is 11.1. The van der Waals surface area contributed by atoms with Crippen molar-refractivity contribution < 1.29 is 96.0 Å². The second-order valence-corrected chi connectivity index (χ2v) is 24.3. The molecular weight excluding hydrogens is 1380 g/mol. The van der Waals surface area contributed by atoms with E-state index >= 15 is 0 Å². The van der Waals surface area contributed by atoms with Crippen molar-refractivity contribution in [1.82, 2.24) is 36.2 Å². The number of benzene rings is 6. The third-order valence-electron chi connectivity index (χ3n) is 13.3. The Labute approximate surface area is 568 Å². The van der Waals surface area contributed by atoms with Crippen LogP contribution >= 0.6 is 34.0 Å². The number of nitrogens with one attached hydrogen (secondary N) is 4. The highest BCUT2D eigenvalue weighted by Crippen LogP contribution is 2.29. The molecular formula is C66H58F11N9O10S3. The van der Waals surface area contributed by atoms with E-state index in [9.17, 15) is 77.1 Å². The van der Waals surface area contributed by atoms with E-state index in [4.69, 9.17) is 20.9 Å². The Morgan fingerprint density at radius 3 is 1.46 bits per heavy atom. The number of alkyl halides is 6. The molecule has 3 heterocycles. The molecule has 0 aliphatic carbocycles. The number of aromatic nitrogens is 3. The molecule has 0 saturated carbocycles. The molecule has 9 rings (SSSR count). The van der Waals surface area contributed by atoms with Gasteiger partial charge in [-0.1, -0.05) is 74.5 Å². The smallest absolute Gasteiger partial charge is 0.484 e. The van der Waals surface area contributed by atoms with Crippen LogP contribution in [0.2, 0.25) is 0 Å². The molecule has 0 aliphatic heterocycles. The summed E-state index contributed by atoms with van der Waals surface area (Å²) in [6, 6.07) is 30.5. The molecule has 0 unspecified atom stereocenters. The summed E-state index contributed by atoms with van der Waals surface area (Å²) in [6.45, 7) is 3.73. The van der Waals surface area contributed by atoms with Gasteiger partial charge in [0.05, 0.1) is 26.1 Å². The fourth-order valence-electron chi connectivity index (χ4n) is 8.56. The lowest BCUT2D eigenvalue weighted by Gasteiger charge is -2.10. The molecule has 6 aromatic carbocycles. The molecule has 0 radical (unpaired) electrons. The molecule has 33 heteroatoms. The number of hydrogen-bond donors (Lipinski definition) is 6. The number of carbonyl (C=O) groups is 6. The van der Waals surface area contributed by atoms with Crippen LogP contribution in [0.25, 0.3) is 0 Å². The van der Waals surface area contributed by atoms with E-state index in [1.165, 1.54) is 65.4 Å². The van der Waals surface area contributed by atoms with E-state index < -0.39 is 84.3 Å². The Morgan fingerprint density at radius 1 is 0.505 bits per heavy atom. The van der Waals surface area contributed by atoms with Crippen molar-refractivity contribution in [2.24, 2.45) is 11.5 Å². The highest BCUT2D eigenvalue weighted by Gasteiger charge is 2.32. The number of carbonyl (C=O) groups excluding carboxylic acids is 6. The Kier molecular flexibility index (Phi) is 27.3. The van der Waals surface area contributed by atoms with E-state index in [0.717, 1.165) is 70.7 Å². The van der Waals surface area contributed by atoms with Crippen LogP contribution in [0.1, 0.15) is 104 Å². The van der Waals surface area contributed by atoms with Crippen molar-refractivity contribution in [3.63, 3.8) is 0 Å². The van der Waals surface area contributed by atoms with E-state index in [2.05, 4.69) is 59.5 Å².